The largest absolute Gasteiger partial charge is 0.478 e. The van der Waals surface area contributed by atoms with Crippen LogP contribution in [0.1, 0.15) is 10.4 Å². The molecular formula is C8H8FNO2S. The van der Waals surface area contributed by atoms with Crippen LogP contribution in [0.4, 0.5) is 10.1 Å². The molecule has 1 aromatic rings. The summed E-state index contributed by atoms with van der Waals surface area (Å²) in [4.78, 5) is 11.2. The highest BCUT2D eigenvalue weighted by molar-refractivity contribution is 7.98. The number of carbonyl (C=O) groups is 1. The molecule has 0 aliphatic heterocycles. The molecule has 13 heavy (non-hydrogen) atoms. The standard InChI is InChI=1S/C8H8FNO2S/c1-13-5-3-2-4(9)7(10)6(5)8(11)12/h2-3H,10H2,1H3,(H,11,12). The number of rotatable bonds is 2. The second-order valence-corrected chi connectivity index (χ2v) is 3.19. The van der Waals surface area contributed by atoms with E-state index < -0.39 is 11.8 Å². The van der Waals surface area contributed by atoms with Crippen LogP contribution in [0.5, 0.6) is 0 Å². The summed E-state index contributed by atoms with van der Waals surface area (Å²) in [6.45, 7) is 0. The maximum atomic E-state index is 12.9. The number of benzene rings is 1. The van der Waals surface area contributed by atoms with Crippen molar-refractivity contribution < 1.29 is 14.3 Å². The zero-order valence-electron chi connectivity index (χ0n) is 6.87. The fraction of sp³-hybridized carbons (Fsp3) is 0.125. The van der Waals surface area contributed by atoms with Crippen molar-refractivity contribution in [2.75, 3.05) is 12.0 Å². The highest BCUT2D eigenvalue weighted by Gasteiger charge is 2.16. The molecule has 0 saturated heterocycles. The van der Waals surface area contributed by atoms with Gasteiger partial charge in [0.1, 0.15) is 5.82 Å². The van der Waals surface area contributed by atoms with E-state index in [0.29, 0.717) is 4.90 Å². The van der Waals surface area contributed by atoms with Crippen LogP contribution in [0.3, 0.4) is 0 Å². The zero-order valence-corrected chi connectivity index (χ0v) is 7.69. The molecule has 0 aromatic heterocycles. The first-order valence-corrected chi connectivity index (χ1v) is 4.65. The zero-order chi connectivity index (χ0) is 10.0. The van der Waals surface area contributed by atoms with Crippen LogP contribution in [0.15, 0.2) is 17.0 Å². The Labute approximate surface area is 78.7 Å². The first-order valence-electron chi connectivity index (χ1n) is 3.43. The molecule has 0 aliphatic rings. The molecule has 3 N–H and O–H groups in total. The summed E-state index contributed by atoms with van der Waals surface area (Å²) in [6.07, 6.45) is 1.71. The third-order valence-corrected chi connectivity index (χ3v) is 2.37. The molecular weight excluding hydrogens is 193 g/mol. The smallest absolute Gasteiger partial charge is 0.339 e. The summed E-state index contributed by atoms with van der Waals surface area (Å²) in [5.41, 5.74) is 4.82. The van der Waals surface area contributed by atoms with Gasteiger partial charge in [-0.05, 0) is 18.4 Å². The van der Waals surface area contributed by atoms with Gasteiger partial charge in [0, 0.05) is 4.90 Å². The second kappa shape index (κ2) is 3.66. The second-order valence-electron chi connectivity index (χ2n) is 2.34. The van der Waals surface area contributed by atoms with E-state index in [4.69, 9.17) is 10.8 Å². The minimum Gasteiger partial charge on any atom is -0.478 e. The lowest BCUT2D eigenvalue weighted by atomic mass is 10.2. The Morgan fingerprint density at radius 2 is 2.23 bits per heavy atom. The van der Waals surface area contributed by atoms with Crippen molar-refractivity contribution in [3.63, 3.8) is 0 Å². The van der Waals surface area contributed by atoms with E-state index in [2.05, 4.69) is 0 Å². The lowest BCUT2D eigenvalue weighted by molar-refractivity contribution is 0.0694. The number of anilines is 1. The van der Waals surface area contributed by atoms with Crippen LogP contribution in [0, 0.1) is 5.82 Å². The molecule has 0 saturated carbocycles. The van der Waals surface area contributed by atoms with Crippen molar-refractivity contribution in [2.45, 2.75) is 4.90 Å². The Morgan fingerprint density at radius 3 is 2.69 bits per heavy atom. The summed E-state index contributed by atoms with van der Waals surface area (Å²) in [6, 6.07) is 2.56. The predicted octanol–water partition coefficient (Wildman–Crippen LogP) is 1.83. The Kier molecular flexibility index (Phi) is 2.77. The molecule has 1 rings (SSSR count). The van der Waals surface area contributed by atoms with E-state index in [-0.39, 0.29) is 11.3 Å². The quantitative estimate of drug-likeness (QED) is 0.566. The molecule has 3 nitrogen and oxygen atoms in total. The predicted molar refractivity (Wildman–Crippen MR) is 49.6 cm³/mol. The number of halogens is 1. The van der Waals surface area contributed by atoms with E-state index in [1.807, 2.05) is 0 Å². The highest BCUT2D eigenvalue weighted by atomic mass is 32.2. The van der Waals surface area contributed by atoms with Gasteiger partial charge in [-0.3, -0.25) is 0 Å². The van der Waals surface area contributed by atoms with Gasteiger partial charge in [-0.2, -0.15) is 0 Å². The fourth-order valence-electron chi connectivity index (χ4n) is 0.965. The van der Waals surface area contributed by atoms with Crippen LogP contribution in [0.2, 0.25) is 0 Å². The highest BCUT2D eigenvalue weighted by Crippen LogP contribution is 2.27. The van der Waals surface area contributed by atoms with Crippen molar-refractivity contribution >= 4 is 23.4 Å². The maximum Gasteiger partial charge on any atom is 0.339 e. The van der Waals surface area contributed by atoms with Crippen LogP contribution in [-0.4, -0.2) is 17.3 Å². The Morgan fingerprint density at radius 1 is 1.62 bits per heavy atom. The van der Waals surface area contributed by atoms with Gasteiger partial charge in [0.05, 0.1) is 11.3 Å². The monoisotopic (exact) mass is 201 g/mol. The van der Waals surface area contributed by atoms with Gasteiger partial charge in [0.25, 0.3) is 0 Å². The lowest BCUT2D eigenvalue weighted by Gasteiger charge is -2.06. The molecule has 0 unspecified atom stereocenters. The van der Waals surface area contributed by atoms with Crippen LogP contribution in [-0.2, 0) is 0 Å². The van der Waals surface area contributed by atoms with E-state index in [9.17, 15) is 9.18 Å². The topological polar surface area (TPSA) is 63.3 Å². The molecule has 1 aromatic carbocycles. The van der Waals surface area contributed by atoms with Gasteiger partial charge in [-0.1, -0.05) is 0 Å². The summed E-state index contributed by atoms with van der Waals surface area (Å²) < 4.78 is 12.9. The van der Waals surface area contributed by atoms with E-state index in [1.165, 1.54) is 17.8 Å². The van der Waals surface area contributed by atoms with Gasteiger partial charge in [0.15, 0.2) is 0 Å². The first-order chi connectivity index (χ1) is 6.07. The number of carboxylic acid groups (broad SMARTS) is 1. The molecule has 0 aliphatic carbocycles. The van der Waals surface area contributed by atoms with Crippen molar-refractivity contribution in [3.8, 4) is 0 Å². The minimum absolute atomic E-state index is 0.160. The first kappa shape index (κ1) is 9.85. The van der Waals surface area contributed by atoms with Gasteiger partial charge in [-0.25, -0.2) is 9.18 Å². The van der Waals surface area contributed by atoms with E-state index in [1.54, 1.807) is 6.26 Å². The molecule has 0 heterocycles. The van der Waals surface area contributed by atoms with Gasteiger partial charge in [-0.15, -0.1) is 11.8 Å². The number of thioether (sulfide) groups is 1. The normalized spacial score (nSPS) is 10.0. The molecule has 0 spiro atoms. The summed E-state index contributed by atoms with van der Waals surface area (Å²) in [5.74, 6) is -1.91. The molecule has 0 atom stereocenters. The minimum atomic E-state index is -1.21. The summed E-state index contributed by atoms with van der Waals surface area (Å²) in [7, 11) is 0. The van der Waals surface area contributed by atoms with Crippen molar-refractivity contribution in [2.24, 2.45) is 0 Å². The average Bonchev–Trinajstić information content (AvgIpc) is 2.08. The number of aromatic carboxylic acids is 1. The Balaban J connectivity index is 3.41. The SMILES string of the molecule is CSc1ccc(F)c(N)c1C(=O)O. The third kappa shape index (κ3) is 1.75. The molecule has 0 bridgehead atoms. The van der Waals surface area contributed by atoms with Crippen LogP contribution in [0.25, 0.3) is 0 Å². The van der Waals surface area contributed by atoms with Gasteiger partial charge >= 0.3 is 5.97 Å². The Hall–Kier alpha value is -1.23. The fourth-order valence-corrected chi connectivity index (χ4v) is 1.57. The van der Waals surface area contributed by atoms with Crippen molar-refractivity contribution in [1.29, 1.82) is 0 Å². The Bertz CT molecular complexity index is 354. The third-order valence-electron chi connectivity index (χ3n) is 1.59. The van der Waals surface area contributed by atoms with E-state index in [0.717, 1.165) is 6.07 Å². The summed E-state index contributed by atoms with van der Waals surface area (Å²) in [5, 5.41) is 8.74. The summed E-state index contributed by atoms with van der Waals surface area (Å²) >= 11 is 1.22. The molecule has 0 fully saturated rings. The maximum absolute atomic E-state index is 12.9. The lowest BCUT2D eigenvalue weighted by Crippen LogP contribution is -2.06. The number of nitrogen functional groups attached to an aromatic ring is 1. The van der Waals surface area contributed by atoms with Crippen molar-refractivity contribution in [1.82, 2.24) is 0 Å². The number of carboxylic acids is 1. The molecule has 70 valence electrons. The van der Waals surface area contributed by atoms with Gasteiger partial charge in [0.2, 0.25) is 0 Å². The number of hydrogen-bond acceptors (Lipinski definition) is 3. The molecule has 0 amide bonds. The number of hydrogen-bond donors (Lipinski definition) is 2. The number of nitrogens with two attached hydrogens (primary N) is 1. The van der Waals surface area contributed by atoms with Crippen LogP contribution < -0.4 is 5.73 Å². The average molecular weight is 201 g/mol. The van der Waals surface area contributed by atoms with E-state index >= 15 is 0 Å². The molecule has 0 radical (unpaired) electrons. The van der Waals surface area contributed by atoms with Crippen LogP contribution >= 0.6 is 11.8 Å². The van der Waals surface area contributed by atoms with Crippen molar-refractivity contribution in [3.05, 3.63) is 23.5 Å². The van der Waals surface area contributed by atoms with Gasteiger partial charge < -0.3 is 10.8 Å². The molecule has 5 heteroatoms.